The molecule has 5 aromatic rings. The molecule has 0 spiro atoms. The highest BCUT2D eigenvalue weighted by atomic mass is 16.5. The average molecular weight is 478 g/mol. The predicted octanol–water partition coefficient (Wildman–Crippen LogP) is 3.76. The molecule has 5 heterocycles. The van der Waals surface area contributed by atoms with Crippen LogP contribution in [0.3, 0.4) is 0 Å². The van der Waals surface area contributed by atoms with Gasteiger partial charge in [0.25, 0.3) is 0 Å². The molecule has 0 radical (unpaired) electrons. The number of hydrogen-bond donors (Lipinski definition) is 2. The van der Waals surface area contributed by atoms with Crippen molar-refractivity contribution in [1.82, 2.24) is 29.5 Å². The summed E-state index contributed by atoms with van der Waals surface area (Å²) in [6, 6.07) is 13.1. The average Bonchev–Trinajstić information content (AvgIpc) is 3.56. The maximum atomic E-state index is 6.40. The second-order valence-corrected chi connectivity index (χ2v) is 7.76. The lowest BCUT2D eigenvalue weighted by molar-refractivity contribution is 0.414. The van der Waals surface area contributed by atoms with Gasteiger partial charge in [-0.25, -0.2) is 20.0 Å². The van der Waals surface area contributed by atoms with E-state index < -0.39 is 0 Å². The van der Waals surface area contributed by atoms with Crippen molar-refractivity contribution in [2.24, 2.45) is 22.8 Å². The van der Waals surface area contributed by atoms with Crippen molar-refractivity contribution in [2.75, 3.05) is 7.11 Å². The zero-order valence-corrected chi connectivity index (χ0v) is 19.7. The van der Waals surface area contributed by atoms with Crippen molar-refractivity contribution in [1.29, 1.82) is 0 Å². The molecule has 0 aliphatic carbocycles. The summed E-state index contributed by atoms with van der Waals surface area (Å²) in [5, 5.41) is 0. The summed E-state index contributed by atoms with van der Waals surface area (Å²) >= 11 is 0. The molecule has 5 rings (SSSR count). The van der Waals surface area contributed by atoms with E-state index in [2.05, 4.69) is 24.9 Å². The maximum absolute atomic E-state index is 6.40. The van der Waals surface area contributed by atoms with Gasteiger partial charge in [0.05, 0.1) is 18.5 Å². The fourth-order valence-corrected chi connectivity index (χ4v) is 3.74. The van der Waals surface area contributed by atoms with Gasteiger partial charge in [0, 0.05) is 73.2 Å². The number of H-pyrrole nitrogens is 1. The Hall–Kier alpha value is -5.12. The number of amidine groups is 2. The summed E-state index contributed by atoms with van der Waals surface area (Å²) < 4.78 is 7.13. The molecule has 0 atom stereocenters. The standard InChI is InChI=1S/C26H23N9O/c1-35-13-12-31-26(35)24(27)34-25(33-21-14-18(36-2)8-11-30-21)23-22(20-7-3-4-10-29-20)19(16-32-23)17-6-5-9-28-15-17/h3-16,32H,1-2H3,(H2,27,30,33,34). The Morgan fingerprint density at radius 2 is 1.94 bits per heavy atom. The predicted molar refractivity (Wildman–Crippen MR) is 138 cm³/mol. The first-order chi connectivity index (χ1) is 17.6. The van der Waals surface area contributed by atoms with Crippen LogP contribution in [0, 0.1) is 0 Å². The van der Waals surface area contributed by atoms with E-state index in [1.165, 1.54) is 0 Å². The molecule has 0 bridgehead atoms. The number of hydrogen-bond acceptors (Lipinski definition) is 6. The molecule has 0 saturated heterocycles. The van der Waals surface area contributed by atoms with Gasteiger partial charge in [0.1, 0.15) is 5.75 Å². The number of nitrogens with two attached hydrogens (primary N) is 1. The second kappa shape index (κ2) is 10.0. The maximum Gasteiger partial charge on any atom is 0.180 e. The number of pyridine rings is 3. The van der Waals surface area contributed by atoms with Gasteiger partial charge in [0.2, 0.25) is 0 Å². The number of aryl methyl sites for hydroxylation is 1. The van der Waals surface area contributed by atoms with Crippen LogP contribution in [0.1, 0.15) is 11.5 Å². The number of imidazole rings is 1. The zero-order valence-electron chi connectivity index (χ0n) is 19.7. The molecule has 5 aromatic heterocycles. The number of aromatic nitrogens is 6. The van der Waals surface area contributed by atoms with Gasteiger partial charge in [0.15, 0.2) is 23.3 Å². The van der Waals surface area contributed by atoms with Crippen molar-refractivity contribution >= 4 is 17.5 Å². The Labute approximate surface area is 207 Å². The van der Waals surface area contributed by atoms with Gasteiger partial charge in [-0.1, -0.05) is 12.1 Å². The molecule has 0 saturated carbocycles. The highest BCUT2D eigenvalue weighted by molar-refractivity contribution is 6.13. The normalized spacial score (nSPS) is 12.1. The largest absolute Gasteiger partial charge is 0.497 e. The third kappa shape index (κ3) is 4.60. The van der Waals surface area contributed by atoms with Crippen LogP contribution < -0.4 is 10.5 Å². The Balaban J connectivity index is 1.75. The van der Waals surface area contributed by atoms with Crippen molar-refractivity contribution in [2.45, 2.75) is 0 Å². The number of nitrogens with zero attached hydrogens (tertiary/aromatic N) is 7. The molecule has 0 fully saturated rings. The summed E-state index contributed by atoms with van der Waals surface area (Å²) in [5.41, 5.74) is 10.4. The third-order valence-corrected chi connectivity index (χ3v) is 5.45. The zero-order chi connectivity index (χ0) is 24.9. The molecular formula is C26H23N9O. The van der Waals surface area contributed by atoms with Crippen LogP contribution in [-0.2, 0) is 7.05 Å². The monoisotopic (exact) mass is 477 g/mol. The summed E-state index contributed by atoms with van der Waals surface area (Å²) in [7, 11) is 3.44. The Bertz CT molecular complexity index is 1540. The number of ether oxygens (including phenoxy) is 1. The third-order valence-electron chi connectivity index (χ3n) is 5.45. The van der Waals surface area contributed by atoms with Crippen molar-refractivity contribution in [3.05, 3.63) is 97.4 Å². The first-order valence-electron chi connectivity index (χ1n) is 11.1. The fraction of sp³-hybridized carbons (Fsp3) is 0.0769. The van der Waals surface area contributed by atoms with Crippen LogP contribution in [0.4, 0.5) is 5.82 Å². The lowest BCUT2D eigenvalue weighted by Crippen LogP contribution is -2.20. The van der Waals surface area contributed by atoms with E-state index in [1.54, 1.807) is 61.0 Å². The van der Waals surface area contributed by atoms with E-state index >= 15 is 0 Å². The van der Waals surface area contributed by atoms with E-state index in [1.807, 2.05) is 43.6 Å². The van der Waals surface area contributed by atoms with Gasteiger partial charge in [-0.3, -0.25) is 9.97 Å². The van der Waals surface area contributed by atoms with E-state index in [0.717, 1.165) is 22.4 Å². The first-order valence-corrected chi connectivity index (χ1v) is 11.1. The summed E-state index contributed by atoms with van der Waals surface area (Å²) in [4.78, 5) is 30.4. The van der Waals surface area contributed by atoms with E-state index in [4.69, 9.17) is 20.5 Å². The van der Waals surface area contributed by atoms with Gasteiger partial charge < -0.3 is 20.0 Å². The number of rotatable bonds is 6. The molecule has 36 heavy (non-hydrogen) atoms. The molecule has 0 aliphatic rings. The molecule has 10 nitrogen and oxygen atoms in total. The van der Waals surface area contributed by atoms with Gasteiger partial charge in [-0.2, -0.15) is 0 Å². The molecule has 178 valence electrons. The molecule has 0 amide bonds. The van der Waals surface area contributed by atoms with Crippen LogP contribution in [0.25, 0.3) is 22.4 Å². The number of aromatic amines is 1. The number of methoxy groups -OCH3 is 1. The minimum atomic E-state index is 0.202. The number of nitrogens with one attached hydrogen (secondary N) is 1. The Kier molecular flexibility index (Phi) is 6.31. The van der Waals surface area contributed by atoms with E-state index in [0.29, 0.717) is 28.9 Å². The lowest BCUT2D eigenvalue weighted by atomic mass is 10.0. The molecular weight excluding hydrogens is 454 g/mol. The van der Waals surface area contributed by atoms with Crippen LogP contribution >= 0.6 is 0 Å². The number of aliphatic imine (C=N–C) groups is 2. The van der Waals surface area contributed by atoms with Crippen molar-refractivity contribution < 1.29 is 4.74 Å². The molecule has 0 unspecified atom stereocenters. The quantitative estimate of drug-likeness (QED) is 0.283. The van der Waals surface area contributed by atoms with Gasteiger partial charge in [-0.15, -0.1) is 0 Å². The van der Waals surface area contributed by atoms with Crippen LogP contribution in [-0.4, -0.2) is 48.3 Å². The minimum Gasteiger partial charge on any atom is -0.497 e. The van der Waals surface area contributed by atoms with Gasteiger partial charge in [-0.05, 0) is 24.3 Å². The van der Waals surface area contributed by atoms with Crippen molar-refractivity contribution in [3.63, 3.8) is 0 Å². The summed E-state index contributed by atoms with van der Waals surface area (Å²) in [6.45, 7) is 0. The molecule has 0 aliphatic heterocycles. The van der Waals surface area contributed by atoms with Gasteiger partial charge >= 0.3 is 0 Å². The SMILES string of the molecule is COc1ccnc(N=C(N=C(N)c2nccn2C)c2[nH]cc(-c3cccnc3)c2-c2ccccn2)c1. The molecule has 3 N–H and O–H groups in total. The topological polar surface area (TPSA) is 132 Å². The van der Waals surface area contributed by atoms with E-state index in [9.17, 15) is 0 Å². The minimum absolute atomic E-state index is 0.202. The fourth-order valence-electron chi connectivity index (χ4n) is 3.74. The molecule has 0 aromatic carbocycles. The van der Waals surface area contributed by atoms with Crippen LogP contribution in [0.15, 0.2) is 95.8 Å². The lowest BCUT2D eigenvalue weighted by Gasteiger charge is -2.09. The Morgan fingerprint density at radius 1 is 1.03 bits per heavy atom. The summed E-state index contributed by atoms with van der Waals surface area (Å²) in [5.74, 6) is 2.06. The smallest absolute Gasteiger partial charge is 0.180 e. The summed E-state index contributed by atoms with van der Waals surface area (Å²) in [6.07, 6.45) is 12.2. The van der Waals surface area contributed by atoms with Crippen LogP contribution in [0.2, 0.25) is 0 Å². The van der Waals surface area contributed by atoms with Crippen LogP contribution in [0.5, 0.6) is 5.75 Å². The highest BCUT2D eigenvalue weighted by Crippen LogP contribution is 2.35. The van der Waals surface area contributed by atoms with Crippen molar-refractivity contribution in [3.8, 4) is 28.1 Å². The Morgan fingerprint density at radius 3 is 2.67 bits per heavy atom. The first kappa shape index (κ1) is 22.7. The second-order valence-electron chi connectivity index (χ2n) is 7.76. The van der Waals surface area contributed by atoms with E-state index in [-0.39, 0.29) is 5.84 Å². The molecule has 10 heteroatoms. The highest BCUT2D eigenvalue weighted by Gasteiger charge is 2.21.